The van der Waals surface area contributed by atoms with Crippen LogP contribution in [-0.4, -0.2) is 5.91 Å². The van der Waals surface area contributed by atoms with Gasteiger partial charge in [-0.3, -0.25) is 4.79 Å². The molecule has 0 aliphatic heterocycles. The van der Waals surface area contributed by atoms with Crippen LogP contribution in [-0.2, 0) is 4.79 Å². The third-order valence-corrected chi connectivity index (χ3v) is 1.10. The van der Waals surface area contributed by atoms with Gasteiger partial charge in [-0.2, -0.15) is 0 Å². The molecule has 0 aromatic heterocycles. The molecule has 0 aliphatic rings. The second-order valence-corrected chi connectivity index (χ2v) is 1.71. The van der Waals surface area contributed by atoms with Gasteiger partial charge in [0.2, 0.25) is 5.91 Å². The first-order chi connectivity index (χ1) is 3.18. The van der Waals surface area contributed by atoms with Crippen molar-refractivity contribution in [3.63, 3.8) is 0 Å². The van der Waals surface area contributed by atoms with E-state index in [1.165, 1.54) is 0 Å². The van der Waals surface area contributed by atoms with Crippen molar-refractivity contribution < 1.29 is 4.79 Å². The summed E-state index contributed by atoms with van der Waals surface area (Å²) in [5.74, 6) is -0.164. The van der Waals surface area contributed by atoms with E-state index < -0.39 is 0 Å². The predicted molar refractivity (Wildman–Crippen MR) is 28.6 cm³/mol. The van der Waals surface area contributed by atoms with Gasteiger partial charge in [0, 0.05) is 5.92 Å². The van der Waals surface area contributed by atoms with Gasteiger partial charge in [-0.1, -0.05) is 13.8 Å². The summed E-state index contributed by atoms with van der Waals surface area (Å²) < 4.78 is 0. The van der Waals surface area contributed by atoms with Gasteiger partial charge >= 0.3 is 0 Å². The van der Waals surface area contributed by atoms with Crippen LogP contribution in [0.4, 0.5) is 0 Å². The van der Waals surface area contributed by atoms with Crippen molar-refractivity contribution in [3.8, 4) is 0 Å². The summed E-state index contributed by atoms with van der Waals surface area (Å²) in [4.78, 5) is 10.2. The first-order valence-electron chi connectivity index (χ1n) is 2.47. The number of primary amides is 1. The third kappa shape index (κ3) is 2.20. The summed E-state index contributed by atoms with van der Waals surface area (Å²) in [7, 11) is 0. The van der Waals surface area contributed by atoms with Crippen molar-refractivity contribution in [2.45, 2.75) is 20.3 Å². The van der Waals surface area contributed by atoms with Crippen LogP contribution < -0.4 is 5.73 Å². The van der Waals surface area contributed by atoms with Gasteiger partial charge in [0.1, 0.15) is 0 Å². The first kappa shape index (κ1) is 6.47. The Balaban J connectivity index is 3.34. The third-order valence-electron chi connectivity index (χ3n) is 1.10. The summed E-state index contributed by atoms with van der Waals surface area (Å²) in [5.41, 5.74) is 4.91. The molecule has 2 N–H and O–H groups in total. The fourth-order valence-corrected chi connectivity index (χ4v) is 0.201. The lowest BCUT2D eigenvalue weighted by Crippen LogP contribution is -2.19. The molecule has 0 fully saturated rings. The lowest BCUT2D eigenvalue weighted by atomic mass is 10.1. The van der Waals surface area contributed by atoms with E-state index in [1.54, 1.807) is 0 Å². The van der Waals surface area contributed by atoms with Gasteiger partial charge in [-0.15, -0.1) is 0 Å². The largest absolute Gasteiger partial charge is 0.369 e. The highest BCUT2D eigenvalue weighted by molar-refractivity contribution is 5.76. The van der Waals surface area contributed by atoms with E-state index in [2.05, 4.69) is 0 Å². The van der Waals surface area contributed by atoms with Gasteiger partial charge < -0.3 is 5.73 Å². The van der Waals surface area contributed by atoms with Crippen LogP contribution in [0, 0.1) is 5.92 Å². The summed E-state index contributed by atoms with van der Waals surface area (Å²) in [6.07, 6.45) is 0.843. The monoisotopic (exact) mass is 101 g/mol. The zero-order chi connectivity index (χ0) is 5.86. The molecule has 0 aromatic rings. The minimum absolute atomic E-state index is 0.0417. The van der Waals surface area contributed by atoms with Crippen LogP contribution in [0.3, 0.4) is 0 Å². The Labute approximate surface area is 43.7 Å². The minimum atomic E-state index is -0.206. The van der Waals surface area contributed by atoms with E-state index in [4.69, 9.17) is 5.73 Å². The summed E-state index contributed by atoms with van der Waals surface area (Å²) in [5, 5.41) is 0. The maximum atomic E-state index is 10.2. The van der Waals surface area contributed by atoms with Gasteiger partial charge in [-0.05, 0) is 6.42 Å². The van der Waals surface area contributed by atoms with Gasteiger partial charge in [0.05, 0.1) is 0 Å². The van der Waals surface area contributed by atoms with Gasteiger partial charge in [-0.25, -0.2) is 0 Å². The van der Waals surface area contributed by atoms with Crippen molar-refractivity contribution >= 4 is 5.91 Å². The number of amides is 1. The number of hydrogen-bond acceptors (Lipinski definition) is 1. The van der Waals surface area contributed by atoms with Gasteiger partial charge in [0.15, 0.2) is 0 Å². The van der Waals surface area contributed by atoms with E-state index in [0.29, 0.717) is 0 Å². The molecule has 0 aromatic carbocycles. The number of carbonyl (C=O) groups is 1. The normalized spacial score (nSPS) is 13.4. The zero-order valence-electron chi connectivity index (χ0n) is 4.77. The molecule has 0 aliphatic carbocycles. The number of nitrogens with two attached hydrogens (primary N) is 1. The van der Waals surface area contributed by atoms with Crippen LogP contribution in [0.2, 0.25) is 0 Å². The molecule has 0 bridgehead atoms. The molecule has 7 heavy (non-hydrogen) atoms. The molecule has 0 radical (unpaired) electrons. The van der Waals surface area contributed by atoms with Crippen LogP contribution in [0.25, 0.3) is 0 Å². The van der Waals surface area contributed by atoms with Crippen molar-refractivity contribution in [2.24, 2.45) is 11.7 Å². The molecule has 1 atom stereocenters. The maximum Gasteiger partial charge on any atom is 0.220 e. The Hall–Kier alpha value is -0.530. The van der Waals surface area contributed by atoms with E-state index >= 15 is 0 Å². The zero-order valence-corrected chi connectivity index (χ0v) is 4.77. The van der Waals surface area contributed by atoms with Crippen LogP contribution in [0.15, 0.2) is 0 Å². The molecule has 0 unspecified atom stereocenters. The van der Waals surface area contributed by atoms with Crippen LogP contribution in [0.5, 0.6) is 0 Å². The lowest BCUT2D eigenvalue weighted by molar-refractivity contribution is -0.121. The topological polar surface area (TPSA) is 43.1 Å². The molecule has 2 heteroatoms. The van der Waals surface area contributed by atoms with Crippen molar-refractivity contribution in [1.29, 1.82) is 0 Å². The summed E-state index contributed by atoms with van der Waals surface area (Å²) in [6.45, 7) is 3.76. The van der Waals surface area contributed by atoms with E-state index in [9.17, 15) is 4.79 Å². The molecule has 0 spiro atoms. The molecule has 0 heterocycles. The number of rotatable bonds is 2. The molecular formula is C5H11NO. The Bertz CT molecular complexity index is 70.5. The second kappa shape index (κ2) is 2.61. The molecule has 0 saturated carbocycles. The fourth-order valence-electron chi connectivity index (χ4n) is 0.201. The smallest absolute Gasteiger partial charge is 0.220 e. The lowest BCUT2D eigenvalue weighted by Gasteiger charge is -1.98. The SMILES string of the molecule is CC[C@@H](C)C(N)=O. The van der Waals surface area contributed by atoms with E-state index in [-0.39, 0.29) is 11.8 Å². The average molecular weight is 101 g/mol. The van der Waals surface area contributed by atoms with Crippen molar-refractivity contribution in [3.05, 3.63) is 0 Å². The van der Waals surface area contributed by atoms with Crippen LogP contribution in [0.1, 0.15) is 20.3 Å². The standard InChI is InChI=1S/C5H11NO/c1-3-4(2)5(6)7/h4H,3H2,1-2H3,(H2,6,7)/t4-/m1/s1. The highest BCUT2D eigenvalue weighted by Gasteiger charge is 2.02. The summed E-state index contributed by atoms with van der Waals surface area (Å²) in [6, 6.07) is 0. The molecule has 42 valence electrons. The van der Waals surface area contributed by atoms with Crippen LogP contribution >= 0.6 is 0 Å². The van der Waals surface area contributed by atoms with Crippen molar-refractivity contribution in [1.82, 2.24) is 0 Å². The molecule has 2 nitrogen and oxygen atoms in total. The number of carbonyl (C=O) groups excluding carboxylic acids is 1. The first-order valence-corrected chi connectivity index (χ1v) is 2.47. The maximum absolute atomic E-state index is 10.2. The second-order valence-electron chi connectivity index (χ2n) is 1.71. The van der Waals surface area contributed by atoms with E-state index in [0.717, 1.165) is 6.42 Å². The minimum Gasteiger partial charge on any atom is -0.369 e. The molecule has 0 saturated heterocycles. The highest BCUT2D eigenvalue weighted by Crippen LogP contribution is 1.96. The Kier molecular flexibility index (Phi) is 2.41. The summed E-state index contributed by atoms with van der Waals surface area (Å²) >= 11 is 0. The van der Waals surface area contributed by atoms with Gasteiger partial charge in [0.25, 0.3) is 0 Å². The van der Waals surface area contributed by atoms with E-state index in [1.807, 2.05) is 13.8 Å². The van der Waals surface area contributed by atoms with Crippen molar-refractivity contribution in [2.75, 3.05) is 0 Å². The molecule has 1 amide bonds. The molecule has 0 rings (SSSR count). The average Bonchev–Trinajstić information content (AvgIpc) is 1.65. The Morgan fingerprint density at radius 2 is 2.29 bits per heavy atom. The Morgan fingerprint density at radius 1 is 1.86 bits per heavy atom. The Morgan fingerprint density at radius 3 is 2.29 bits per heavy atom. The fraction of sp³-hybridized carbons (Fsp3) is 0.800. The highest BCUT2D eigenvalue weighted by atomic mass is 16.1. The predicted octanol–water partition coefficient (Wildman–Crippen LogP) is 0.518. The molecular weight excluding hydrogens is 90.1 g/mol. The quantitative estimate of drug-likeness (QED) is 0.541. The number of hydrogen-bond donors (Lipinski definition) is 1.